The lowest BCUT2D eigenvalue weighted by Crippen LogP contribution is -2.08. The highest BCUT2D eigenvalue weighted by Crippen LogP contribution is 2.22. The summed E-state index contributed by atoms with van der Waals surface area (Å²) in [6.07, 6.45) is 1.63. The molecular weight excluding hydrogens is 184 g/mol. The van der Waals surface area contributed by atoms with Gasteiger partial charge in [-0.1, -0.05) is 6.92 Å². The van der Waals surface area contributed by atoms with Crippen molar-refractivity contribution >= 4 is 12.0 Å². The van der Waals surface area contributed by atoms with Gasteiger partial charge in [0.1, 0.15) is 5.76 Å². The molecule has 0 aliphatic carbocycles. The zero-order valence-corrected chi connectivity index (χ0v) is 8.52. The summed E-state index contributed by atoms with van der Waals surface area (Å²) < 4.78 is 5.36. The molecule has 0 spiro atoms. The van der Waals surface area contributed by atoms with E-state index in [0.29, 0.717) is 11.8 Å². The van der Waals surface area contributed by atoms with Crippen LogP contribution in [0.2, 0.25) is 0 Å². The Morgan fingerprint density at radius 3 is 2.79 bits per heavy atom. The van der Waals surface area contributed by atoms with Gasteiger partial charge in [0.15, 0.2) is 0 Å². The normalized spacial score (nSPS) is 12.5. The molecule has 1 N–H and O–H groups in total. The summed E-state index contributed by atoms with van der Waals surface area (Å²) in [4.78, 5) is 16.2. The summed E-state index contributed by atoms with van der Waals surface area (Å²) in [6, 6.07) is 0.497. The van der Waals surface area contributed by atoms with Crippen LogP contribution in [0.3, 0.4) is 0 Å². The van der Waals surface area contributed by atoms with E-state index in [1.54, 1.807) is 18.0 Å². The van der Waals surface area contributed by atoms with Gasteiger partial charge in [0.25, 0.3) is 6.01 Å². The van der Waals surface area contributed by atoms with Crippen LogP contribution in [0, 0.1) is 0 Å². The average Bonchev–Trinajstić information content (AvgIpc) is 2.50. The van der Waals surface area contributed by atoms with E-state index in [1.807, 2.05) is 14.1 Å². The van der Waals surface area contributed by atoms with E-state index in [-0.39, 0.29) is 12.3 Å². The number of anilines is 1. The third-order valence-electron chi connectivity index (χ3n) is 1.86. The minimum atomic E-state index is -0.833. The first-order valence-corrected chi connectivity index (χ1v) is 4.35. The maximum atomic E-state index is 10.5. The highest BCUT2D eigenvalue weighted by atomic mass is 16.4. The summed E-state index contributed by atoms with van der Waals surface area (Å²) >= 11 is 0. The van der Waals surface area contributed by atoms with Crippen molar-refractivity contribution in [2.75, 3.05) is 19.0 Å². The van der Waals surface area contributed by atoms with E-state index in [0.717, 1.165) is 0 Å². The van der Waals surface area contributed by atoms with Gasteiger partial charge in [-0.05, 0) is 0 Å². The molecule has 0 aromatic carbocycles. The lowest BCUT2D eigenvalue weighted by atomic mass is 10.1. The molecule has 5 heteroatoms. The summed E-state index contributed by atoms with van der Waals surface area (Å²) in [6.45, 7) is 1.80. The number of hydrogen-bond donors (Lipinski definition) is 1. The molecule has 78 valence electrons. The predicted molar refractivity (Wildman–Crippen MR) is 51.5 cm³/mol. The summed E-state index contributed by atoms with van der Waals surface area (Å²) in [7, 11) is 3.63. The Morgan fingerprint density at radius 2 is 2.36 bits per heavy atom. The van der Waals surface area contributed by atoms with Crippen LogP contribution < -0.4 is 4.90 Å². The molecule has 0 saturated carbocycles. The first kappa shape index (κ1) is 10.6. The van der Waals surface area contributed by atoms with E-state index in [2.05, 4.69) is 4.98 Å². The zero-order chi connectivity index (χ0) is 10.7. The van der Waals surface area contributed by atoms with Crippen LogP contribution in [0.1, 0.15) is 25.0 Å². The van der Waals surface area contributed by atoms with E-state index >= 15 is 0 Å². The molecule has 1 unspecified atom stereocenters. The number of hydrogen-bond acceptors (Lipinski definition) is 4. The molecule has 0 bridgehead atoms. The Kier molecular flexibility index (Phi) is 3.11. The van der Waals surface area contributed by atoms with Crippen LogP contribution in [-0.2, 0) is 4.79 Å². The third kappa shape index (κ3) is 2.48. The Labute approximate surface area is 82.4 Å². The molecule has 1 aromatic rings. The molecule has 1 heterocycles. The molecule has 5 nitrogen and oxygen atoms in total. The second-order valence-corrected chi connectivity index (χ2v) is 3.44. The minimum Gasteiger partial charge on any atom is -0.481 e. The molecule has 0 radical (unpaired) electrons. The van der Waals surface area contributed by atoms with Gasteiger partial charge in [-0.2, -0.15) is 0 Å². The smallest absolute Gasteiger partial charge is 0.304 e. The molecule has 0 fully saturated rings. The third-order valence-corrected chi connectivity index (χ3v) is 1.86. The maximum absolute atomic E-state index is 10.5. The predicted octanol–water partition coefficient (Wildman–Crippen LogP) is 1.32. The van der Waals surface area contributed by atoms with Gasteiger partial charge in [-0.3, -0.25) is 4.79 Å². The maximum Gasteiger partial charge on any atom is 0.304 e. The van der Waals surface area contributed by atoms with Crippen molar-refractivity contribution in [2.24, 2.45) is 0 Å². The van der Waals surface area contributed by atoms with Crippen LogP contribution in [0.4, 0.5) is 6.01 Å². The van der Waals surface area contributed by atoms with Crippen molar-refractivity contribution in [2.45, 2.75) is 19.3 Å². The molecule has 1 rings (SSSR count). The summed E-state index contributed by atoms with van der Waals surface area (Å²) in [5.41, 5.74) is 0. The number of carboxylic acids is 1. The average molecular weight is 198 g/mol. The number of oxazole rings is 1. The highest BCUT2D eigenvalue weighted by Gasteiger charge is 2.15. The largest absolute Gasteiger partial charge is 0.481 e. The number of carboxylic acid groups (broad SMARTS) is 1. The van der Waals surface area contributed by atoms with Crippen molar-refractivity contribution < 1.29 is 14.3 Å². The standard InChI is InChI=1S/C9H14N2O3/c1-6(4-8(12)13)7-5-10-9(14-7)11(2)3/h5-6H,4H2,1-3H3,(H,12,13). The molecular formula is C9H14N2O3. The van der Waals surface area contributed by atoms with Gasteiger partial charge in [-0.15, -0.1) is 0 Å². The highest BCUT2D eigenvalue weighted by molar-refractivity contribution is 5.67. The van der Waals surface area contributed by atoms with Crippen molar-refractivity contribution in [3.8, 4) is 0 Å². The number of nitrogens with zero attached hydrogens (tertiary/aromatic N) is 2. The topological polar surface area (TPSA) is 66.6 Å². The lowest BCUT2D eigenvalue weighted by Gasteiger charge is -2.06. The fraction of sp³-hybridized carbons (Fsp3) is 0.556. The molecule has 0 aliphatic rings. The van der Waals surface area contributed by atoms with Gasteiger partial charge in [0.05, 0.1) is 12.6 Å². The summed E-state index contributed by atoms with van der Waals surface area (Å²) in [5, 5.41) is 8.59. The van der Waals surface area contributed by atoms with Gasteiger partial charge in [-0.25, -0.2) is 4.98 Å². The van der Waals surface area contributed by atoms with Crippen LogP contribution in [0.25, 0.3) is 0 Å². The molecule has 14 heavy (non-hydrogen) atoms. The van der Waals surface area contributed by atoms with Crippen molar-refractivity contribution in [3.63, 3.8) is 0 Å². The second kappa shape index (κ2) is 4.13. The molecule has 0 saturated heterocycles. The summed E-state index contributed by atoms with van der Waals surface area (Å²) in [5.74, 6) is -0.370. The molecule has 0 aliphatic heterocycles. The van der Waals surface area contributed by atoms with Crippen LogP contribution in [0.5, 0.6) is 0 Å². The number of carbonyl (C=O) groups is 1. The minimum absolute atomic E-state index is 0.0576. The Hall–Kier alpha value is -1.52. The van der Waals surface area contributed by atoms with E-state index in [4.69, 9.17) is 9.52 Å². The monoisotopic (exact) mass is 198 g/mol. The van der Waals surface area contributed by atoms with Crippen LogP contribution >= 0.6 is 0 Å². The first-order valence-electron chi connectivity index (χ1n) is 4.35. The lowest BCUT2D eigenvalue weighted by molar-refractivity contribution is -0.137. The van der Waals surface area contributed by atoms with Gasteiger partial charge in [0, 0.05) is 20.0 Å². The van der Waals surface area contributed by atoms with E-state index in [9.17, 15) is 4.79 Å². The zero-order valence-electron chi connectivity index (χ0n) is 8.52. The Morgan fingerprint density at radius 1 is 1.71 bits per heavy atom. The van der Waals surface area contributed by atoms with Gasteiger partial charge in [0.2, 0.25) is 0 Å². The van der Waals surface area contributed by atoms with Crippen molar-refractivity contribution in [3.05, 3.63) is 12.0 Å². The molecule has 1 aromatic heterocycles. The van der Waals surface area contributed by atoms with Gasteiger partial charge < -0.3 is 14.4 Å². The quantitative estimate of drug-likeness (QED) is 0.790. The Balaban J connectivity index is 2.71. The number of aliphatic carboxylic acids is 1. The fourth-order valence-electron chi connectivity index (χ4n) is 1.07. The SMILES string of the molecule is CC(CC(=O)O)c1cnc(N(C)C)o1. The number of rotatable bonds is 4. The van der Waals surface area contributed by atoms with Gasteiger partial charge >= 0.3 is 5.97 Å². The number of aromatic nitrogens is 1. The first-order chi connectivity index (χ1) is 6.50. The Bertz CT molecular complexity index is 320. The fourth-order valence-corrected chi connectivity index (χ4v) is 1.07. The van der Waals surface area contributed by atoms with Crippen LogP contribution in [0.15, 0.2) is 10.6 Å². The van der Waals surface area contributed by atoms with Crippen LogP contribution in [-0.4, -0.2) is 30.2 Å². The second-order valence-electron chi connectivity index (χ2n) is 3.44. The molecule has 1 atom stereocenters. The van der Waals surface area contributed by atoms with E-state index in [1.165, 1.54) is 0 Å². The molecule has 0 amide bonds. The van der Waals surface area contributed by atoms with Crippen molar-refractivity contribution in [1.29, 1.82) is 0 Å². The van der Waals surface area contributed by atoms with E-state index < -0.39 is 5.97 Å². The van der Waals surface area contributed by atoms with Crippen molar-refractivity contribution in [1.82, 2.24) is 4.98 Å².